The molecule has 0 aliphatic carbocycles. The Labute approximate surface area is 345 Å². The Morgan fingerprint density at radius 1 is 0.983 bits per heavy atom. The van der Waals surface area contributed by atoms with Crippen LogP contribution in [0.4, 0.5) is 4.79 Å². The van der Waals surface area contributed by atoms with E-state index >= 15 is 0 Å². The summed E-state index contributed by atoms with van der Waals surface area (Å²) in [6, 6.07) is 18.6. The number of imidazole rings is 1. The van der Waals surface area contributed by atoms with Crippen LogP contribution in [0.25, 0.3) is 39.2 Å². The fourth-order valence-electron chi connectivity index (χ4n) is 6.90. The van der Waals surface area contributed by atoms with Crippen molar-refractivity contribution >= 4 is 40.8 Å². The Balaban J connectivity index is 1.12. The number of methoxy groups -OCH3 is 1. The van der Waals surface area contributed by atoms with Crippen LogP contribution in [0.3, 0.4) is 0 Å². The minimum atomic E-state index is -0.706. The third-order valence-electron chi connectivity index (χ3n) is 9.75. The summed E-state index contributed by atoms with van der Waals surface area (Å²) in [6.45, 7) is 6.91. The van der Waals surface area contributed by atoms with Gasteiger partial charge in [-0.25, -0.2) is 19.7 Å². The number of ether oxygens (including phenoxy) is 2. The molecule has 3 N–H and O–H groups in total. The SMILES string of the molecule is COc1nc(-c2cccc(-c3cccc(-c4ccn5c(=O)c(CNCCc6c[nH]cn6)cnc5c4)c3Cl)c2Cl)ccc1CN(C[C@@H]1CCC(=O)N1)C(=O)OC(C)(C)C. The van der Waals surface area contributed by atoms with E-state index in [2.05, 4.69) is 25.6 Å². The number of fused-ring (bicyclic) bond motifs is 1. The van der Waals surface area contributed by atoms with E-state index in [4.69, 9.17) is 37.7 Å². The standard InChI is InChI=1S/C43H44Cl2N8O5/c1-43(2,3)58-42(56)52(24-30-12-14-37(54)50-30)23-27-11-13-35(51-40(27)57-4)34-10-6-9-33(39(34)45)32-8-5-7-31(38(32)44)26-16-18-53-36(19-26)48-21-28(41(53)55)20-46-17-15-29-22-47-25-49-29/h5-11,13,16,18-19,21-22,25,30,46H,12,14-15,17,20,23-24H2,1-4H3,(H,47,49)(H,50,54)/t30-/m0/s1. The van der Waals surface area contributed by atoms with E-state index in [-0.39, 0.29) is 30.6 Å². The number of nitrogens with one attached hydrogen (secondary N) is 3. The zero-order chi connectivity index (χ0) is 41.0. The number of carbonyl (C=O) groups excluding carboxylic acids is 2. The molecule has 0 saturated carbocycles. The molecule has 7 rings (SSSR count). The molecule has 2 amide bonds. The first-order valence-electron chi connectivity index (χ1n) is 19.0. The molecular formula is C43H44Cl2N8O5. The summed E-state index contributed by atoms with van der Waals surface area (Å²) >= 11 is 14.3. The molecule has 4 aromatic heterocycles. The van der Waals surface area contributed by atoms with Gasteiger partial charge in [0.15, 0.2) is 0 Å². The van der Waals surface area contributed by atoms with Gasteiger partial charge in [-0.05, 0) is 57.0 Å². The molecule has 1 fully saturated rings. The summed E-state index contributed by atoms with van der Waals surface area (Å²) in [6.07, 6.45) is 8.10. The maximum Gasteiger partial charge on any atom is 0.410 e. The van der Waals surface area contributed by atoms with Gasteiger partial charge >= 0.3 is 6.09 Å². The summed E-state index contributed by atoms with van der Waals surface area (Å²) in [5, 5.41) is 7.14. The lowest BCUT2D eigenvalue weighted by molar-refractivity contribution is -0.119. The predicted molar refractivity (Wildman–Crippen MR) is 224 cm³/mol. The minimum absolute atomic E-state index is 0.0369. The molecule has 0 bridgehead atoms. The molecule has 0 spiro atoms. The predicted octanol–water partition coefficient (Wildman–Crippen LogP) is 7.48. The highest BCUT2D eigenvalue weighted by Crippen LogP contribution is 2.42. The van der Waals surface area contributed by atoms with Crippen molar-refractivity contribution in [2.24, 2.45) is 0 Å². The second kappa shape index (κ2) is 17.4. The summed E-state index contributed by atoms with van der Waals surface area (Å²) in [4.78, 5) is 56.7. The van der Waals surface area contributed by atoms with E-state index in [0.717, 1.165) is 23.2 Å². The first kappa shape index (κ1) is 40.4. The van der Waals surface area contributed by atoms with Crippen LogP contribution in [0.2, 0.25) is 10.0 Å². The smallest absolute Gasteiger partial charge is 0.410 e. The van der Waals surface area contributed by atoms with E-state index in [1.165, 1.54) is 11.5 Å². The van der Waals surface area contributed by atoms with Crippen LogP contribution in [0.1, 0.15) is 50.4 Å². The number of hydrogen-bond donors (Lipinski definition) is 3. The molecule has 6 aromatic rings. The zero-order valence-electron chi connectivity index (χ0n) is 32.6. The fraction of sp³-hybridized carbons (Fsp3) is 0.302. The van der Waals surface area contributed by atoms with Crippen molar-refractivity contribution in [2.75, 3.05) is 20.2 Å². The Morgan fingerprint density at radius 3 is 2.41 bits per heavy atom. The molecule has 1 atom stereocenters. The van der Waals surface area contributed by atoms with Gasteiger partial charge in [0.1, 0.15) is 11.2 Å². The second-order valence-corrected chi connectivity index (χ2v) is 15.8. The zero-order valence-corrected chi connectivity index (χ0v) is 34.2. The first-order valence-corrected chi connectivity index (χ1v) is 19.7. The monoisotopic (exact) mass is 822 g/mol. The van der Waals surface area contributed by atoms with Gasteiger partial charge in [-0.2, -0.15) is 0 Å². The molecule has 58 heavy (non-hydrogen) atoms. The average Bonchev–Trinajstić information content (AvgIpc) is 3.88. The maximum absolute atomic E-state index is 13.3. The van der Waals surface area contributed by atoms with Crippen LogP contribution < -0.4 is 20.9 Å². The van der Waals surface area contributed by atoms with Gasteiger partial charge in [0.05, 0.1) is 41.4 Å². The quantitative estimate of drug-likeness (QED) is 0.101. The van der Waals surface area contributed by atoms with Crippen molar-refractivity contribution in [1.29, 1.82) is 0 Å². The van der Waals surface area contributed by atoms with E-state index in [1.54, 1.807) is 23.6 Å². The summed E-state index contributed by atoms with van der Waals surface area (Å²) < 4.78 is 13.0. The van der Waals surface area contributed by atoms with Crippen LogP contribution in [0.15, 0.2) is 90.4 Å². The van der Waals surface area contributed by atoms with E-state index < -0.39 is 11.7 Å². The number of nitrogens with zero attached hydrogens (tertiary/aromatic N) is 5. The molecule has 1 aliphatic rings. The van der Waals surface area contributed by atoms with Gasteiger partial charge in [0, 0.05) is 90.5 Å². The number of aromatic nitrogens is 5. The van der Waals surface area contributed by atoms with Crippen LogP contribution in [-0.2, 0) is 29.0 Å². The average molecular weight is 824 g/mol. The van der Waals surface area contributed by atoms with E-state index in [9.17, 15) is 14.4 Å². The van der Waals surface area contributed by atoms with Gasteiger partial charge in [0.2, 0.25) is 11.8 Å². The van der Waals surface area contributed by atoms with Crippen molar-refractivity contribution in [1.82, 2.24) is 39.9 Å². The highest BCUT2D eigenvalue weighted by Gasteiger charge is 2.29. The van der Waals surface area contributed by atoms with Gasteiger partial charge in [-0.3, -0.25) is 14.0 Å². The number of rotatable bonds is 13. The second-order valence-electron chi connectivity index (χ2n) is 15.1. The molecule has 1 saturated heterocycles. The number of H-pyrrole nitrogens is 1. The van der Waals surface area contributed by atoms with Crippen LogP contribution in [0, 0.1) is 0 Å². The third-order valence-corrected chi connectivity index (χ3v) is 10.6. The number of halogens is 2. The van der Waals surface area contributed by atoms with Gasteiger partial charge in [-0.1, -0.05) is 59.6 Å². The normalized spacial score (nSPS) is 14.1. The Morgan fingerprint density at radius 2 is 1.72 bits per heavy atom. The van der Waals surface area contributed by atoms with Crippen molar-refractivity contribution in [2.45, 2.75) is 64.8 Å². The molecule has 15 heteroatoms. The van der Waals surface area contributed by atoms with Crippen molar-refractivity contribution in [3.05, 3.63) is 123 Å². The van der Waals surface area contributed by atoms with E-state index in [0.29, 0.717) is 81.0 Å². The number of aromatic amines is 1. The van der Waals surface area contributed by atoms with E-state index in [1.807, 2.05) is 87.6 Å². The lowest BCUT2D eigenvalue weighted by atomic mass is 9.97. The largest absolute Gasteiger partial charge is 0.481 e. The molecular weight excluding hydrogens is 779 g/mol. The fourth-order valence-corrected chi connectivity index (χ4v) is 7.56. The highest BCUT2D eigenvalue weighted by molar-refractivity contribution is 6.39. The van der Waals surface area contributed by atoms with Gasteiger partial charge in [0.25, 0.3) is 5.56 Å². The molecule has 300 valence electrons. The van der Waals surface area contributed by atoms with Crippen LogP contribution >= 0.6 is 23.2 Å². The maximum atomic E-state index is 13.3. The number of carbonyl (C=O) groups is 2. The third kappa shape index (κ3) is 9.17. The molecule has 0 unspecified atom stereocenters. The van der Waals surface area contributed by atoms with Crippen molar-refractivity contribution in [3.63, 3.8) is 0 Å². The van der Waals surface area contributed by atoms with Gasteiger partial charge in [-0.15, -0.1) is 0 Å². The van der Waals surface area contributed by atoms with Crippen LogP contribution in [0.5, 0.6) is 5.88 Å². The lowest BCUT2D eigenvalue weighted by Gasteiger charge is -2.29. The number of hydrogen-bond acceptors (Lipinski definition) is 9. The molecule has 2 aromatic carbocycles. The summed E-state index contributed by atoms with van der Waals surface area (Å²) in [5.41, 5.74) is 5.96. The Hall–Kier alpha value is -5.76. The van der Waals surface area contributed by atoms with Crippen molar-refractivity contribution < 1.29 is 19.1 Å². The summed E-state index contributed by atoms with van der Waals surface area (Å²) in [7, 11) is 1.52. The first-order chi connectivity index (χ1) is 27.9. The summed E-state index contributed by atoms with van der Waals surface area (Å²) in [5.74, 6) is 0.283. The molecule has 5 heterocycles. The molecule has 1 aliphatic heterocycles. The highest BCUT2D eigenvalue weighted by atomic mass is 35.5. The van der Waals surface area contributed by atoms with Crippen molar-refractivity contribution in [3.8, 4) is 39.4 Å². The van der Waals surface area contributed by atoms with Gasteiger partial charge < -0.3 is 30.0 Å². The number of pyridine rings is 2. The Kier molecular flexibility index (Phi) is 12.1. The Bertz CT molecular complexity index is 2520. The minimum Gasteiger partial charge on any atom is -0.481 e. The van der Waals surface area contributed by atoms with Crippen LogP contribution in [-0.4, -0.2) is 73.1 Å². The molecule has 13 nitrogen and oxygen atoms in total. The number of amides is 2. The lowest BCUT2D eigenvalue weighted by Crippen LogP contribution is -2.43. The topological polar surface area (TPSA) is 156 Å². The number of benzene rings is 2. The molecule has 0 radical (unpaired) electrons.